The predicted octanol–water partition coefficient (Wildman–Crippen LogP) is 5.91. The molecular formula is C25H18O5. The van der Waals surface area contributed by atoms with Crippen LogP contribution in [0.1, 0.15) is 15.9 Å². The van der Waals surface area contributed by atoms with E-state index in [1.807, 2.05) is 0 Å². The van der Waals surface area contributed by atoms with Crippen molar-refractivity contribution in [2.24, 2.45) is 0 Å². The van der Waals surface area contributed by atoms with E-state index in [1.165, 1.54) is 12.1 Å². The third-order valence-electron chi connectivity index (χ3n) is 4.34. The molecule has 30 heavy (non-hydrogen) atoms. The molecule has 4 aromatic rings. The summed E-state index contributed by atoms with van der Waals surface area (Å²) in [5.74, 6) is 2.27. The maximum atomic E-state index is 12.7. The number of hydrogen-bond donors (Lipinski definition) is 2. The van der Waals surface area contributed by atoms with Gasteiger partial charge in [-0.05, 0) is 72.8 Å². The van der Waals surface area contributed by atoms with Gasteiger partial charge in [0.25, 0.3) is 0 Å². The van der Waals surface area contributed by atoms with Gasteiger partial charge >= 0.3 is 0 Å². The van der Waals surface area contributed by atoms with E-state index in [0.717, 1.165) is 0 Å². The summed E-state index contributed by atoms with van der Waals surface area (Å²) in [7, 11) is 0. The molecular weight excluding hydrogens is 380 g/mol. The first-order valence-electron chi connectivity index (χ1n) is 9.25. The highest BCUT2D eigenvalue weighted by atomic mass is 16.5. The predicted molar refractivity (Wildman–Crippen MR) is 113 cm³/mol. The van der Waals surface area contributed by atoms with Gasteiger partial charge in [-0.1, -0.05) is 12.1 Å². The highest BCUT2D eigenvalue weighted by molar-refractivity contribution is 6.09. The lowest BCUT2D eigenvalue weighted by Crippen LogP contribution is -2.01. The summed E-state index contributed by atoms with van der Waals surface area (Å²) in [5.41, 5.74) is 1.06. The molecule has 5 heteroatoms. The quantitative estimate of drug-likeness (QED) is 0.395. The molecule has 0 saturated heterocycles. The molecule has 4 aromatic carbocycles. The molecule has 4 rings (SSSR count). The third kappa shape index (κ3) is 4.59. The van der Waals surface area contributed by atoms with Crippen molar-refractivity contribution >= 4 is 5.78 Å². The van der Waals surface area contributed by atoms with Crippen molar-refractivity contribution < 1.29 is 24.5 Å². The molecule has 0 heterocycles. The van der Waals surface area contributed by atoms with Gasteiger partial charge in [0, 0.05) is 23.3 Å². The van der Waals surface area contributed by atoms with Crippen LogP contribution in [0.5, 0.6) is 34.5 Å². The first-order valence-corrected chi connectivity index (χ1v) is 9.25. The van der Waals surface area contributed by atoms with Gasteiger partial charge in [0.1, 0.15) is 34.5 Å². The minimum atomic E-state index is -0.122. The molecule has 0 bridgehead atoms. The number of ketones is 1. The van der Waals surface area contributed by atoms with Crippen LogP contribution in [0.15, 0.2) is 97.1 Å². The largest absolute Gasteiger partial charge is 0.508 e. The molecule has 0 fully saturated rings. The summed E-state index contributed by atoms with van der Waals surface area (Å²) in [6.07, 6.45) is 0. The van der Waals surface area contributed by atoms with Crippen LogP contribution in [0.4, 0.5) is 0 Å². The lowest BCUT2D eigenvalue weighted by Gasteiger charge is -2.08. The zero-order valence-corrected chi connectivity index (χ0v) is 15.9. The number of aromatic hydroxyl groups is 2. The van der Waals surface area contributed by atoms with E-state index < -0.39 is 0 Å². The number of carbonyl (C=O) groups excluding carboxylic acids is 1. The molecule has 148 valence electrons. The lowest BCUT2D eigenvalue weighted by molar-refractivity contribution is 0.103. The van der Waals surface area contributed by atoms with Gasteiger partial charge < -0.3 is 19.7 Å². The monoisotopic (exact) mass is 398 g/mol. The average Bonchev–Trinajstić information content (AvgIpc) is 2.74. The van der Waals surface area contributed by atoms with Crippen LogP contribution in [-0.2, 0) is 0 Å². The molecule has 0 amide bonds. The highest BCUT2D eigenvalue weighted by Gasteiger charge is 2.10. The lowest BCUT2D eigenvalue weighted by atomic mass is 10.0. The molecule has 0 saturated carbocycles. The van der Waals surface area contributed by atoms with Crippen LogP contribution in [0.2, 0.25) is 0 Å². The number of ether oxygens (including phenoxy) is 2. The molecule has 0 unspecified atom stereocenters. The van der Waals surface area contributed by atoms with Gasteiger partial charge in [-0.2, -0.15) is 0 Å². The molecule has 0 radical (unpaired) electrons. The fourth-order valence-corrected chi connectivity index (χ4v) is 2.88. The van der Waals surface area contributed by atoms with Crippen LogP contribution in [0.3, 0.4) is 0 Å². The van der Waals surface area contributed by atoms with Gasteiger partial charge in [-0.3, -0.25) is 4.79 Å². The first kappa shape index (κ1) is 19.1. The van der Waals surface area contributed by atoms with Crippen LogP contribution in [0, 0.1) is 0 Å². The molecule has 0 aromatic heterocycles. The van der Waals surface area contributed by atoms with E-state index in [0.29, 0.717) is 34.1 Å². The maximum absolute atomic E-state index is 12.7. The zero-order valence-electron chi connectivity index (χ0n) is 15.9. The van der Waals surface area contributed by atoms with Gasteiger partial charge in [-0.15, -0.1) is 0 Å². The number of rotatable bonds is 6. The van der Waals surface area contributed by atoms with Crippen molar-refractivity contribution in [2.75, 3.05) is 0 Å². The molecule has 0 aliphatic carbocycles. The minimum Gasteiger partial charge on any atom is -0.508 e. The molecule has 5 nitrogen and oxygen atoms in total. The topological polar surface area (TPSA) is 76.0 Å². The summed E-state index contributed by atoms with van der Waals surface area (Å²) >= 11 is 0. The second kappa shape index (κ2) is 8.41. The molecule has 0 aliphatic rings. The summed E-state index contributed by atoms with van der Waals surface area (Å²) in [4.78, 5) is 12.7. The standard InChI is InChI=1S/C25H18O5/c26-19-3-1-5-23(15-19)29-21-11-7-17(8-12-21)25(28)18-9-13-22(14-10-18)30-24-6-2-4-20(27)16-24/h1-16,26-27H. The molecule has 2 N–H and O–H groups in total. The third-order valence-corrected chi connectivity index (χ3v) is 4.34. The van der Waals surface area contributed by atoms with Gasteiger partial charge in [-0.25, -0.2) is 0 Å². The Balaban J connectivity index is 1.43. The van der Waals surface area contributed by atoms with Gasteiger partial charge in [0.2, 0.25) is 0 Å². The normalized spacial score (nSPS) is 10.4. The smallest absolute Gasteiger partial charge is 0.193 e. The van der Waals surface area contributed by atoms with E-state index in [1.54, 1.807) is 84.9 Å². The van der Waals surface area contributed by atoms with E-state index >= 15 is 0 Å². The van der Waals surface area contributed by atoms with Crippen LogP contribution in [-0.4, -0.2) is 16.0 Å². The summed E-state index contributed by atoms with van der Waals surface area (Å²) in [6, 6.07) is 26.6. The number of hydrogen-bond acceptors (Lipinski definition) is 5. The van der Waals surface area contributed by atoms with E-state index in [4.69, 9.17) is 9.47 Å². The SMILES string of the molecule is O=C(c1ccc(Oc2cccc(O)c2)cc1)c1ccc(Oc2cccc(O)c2)cc1. The summed E-state index contributed by atoms with van der Waals surface area (Å²) < 4.78 is 11.3. The van der Waals surface area contributed by atoms with Crippen molar-refractivity contribution in [3.05, 3.63) is 108 Å². The average molecular weight is 398 g/mol. The molecule has 0 aliphatic heterocycles. The van der Waals surface area contributed by atoms with E-state index in [2.05, 4.69) is 0 Å². The summed E-state index contributed by atoms with van der Waals surface area (Å²) in [6.45, 7) is 0. The first-order chi connectivity index (χ1) is 14.6. The van der Waals surface area contributed by atoms with Crippen LogP contribution >= 0.6 is 0 Å². The van der Waals surface area contributed by atoms with Crippen molar-refractivity contribution in [3.63, 3.8) is 0 Å². The molecule has 0 spiro atoms. The fraction of sp³-hybridized carbons (Fsp3) is 0. The van der Waals surface area contributed by atoms with Crippen LogP contribution in [0.25, 0.3) is 0 Å². The number of carbonyl (C=O) groups is 1. The Morgan fingerprint density at radius 2 is 0.933 bits per heavy atom. The second-order valence-electron chi connectivity index (χ2n) is 6.58. The van der Waals surface area contributed by atoms with Crippen molar-refractivity contribution in [1.82, 2.24) is 0 Å². The summed E-state index contributed by atoms with van der Waals surface area (Å²) in [5, 5.41) is 19.0. The van der Waals surface area contributed by atoms with Crippen LogP contribution < -0.4 is 9.47 Å². The van der Waals surface area contributed by atoms with Gasteiger partial charge in [0.15, 0.2) is 5.78 Å². The fourth-order valence-electron chi connectivity index (χ4n) is 2.88. The Hall–Kier alpha value is -4.25. The Bertz CT molecular complexity index is 1070. The van der Waals surface area contributed by atoms with Crippen molar-refractivity contribution in [3.8, 4) is 34.5 Å². The Morgan fingerprint density at radius 1 is 0.533 bits per heavy atom. The number of phenolic OH excluding ortho intramolecular Hbond substituents is 2. The highest BCUT2D eigenvalue weighted by Crippen LogP contribution is 2.27. The van der Waals surface area contributed by atoms with Crippen molar-refractivity contribution in [2.45, 2.75) is 0 Å². The second-order valence-corrected chi connectivity index (χ2v) is 6.58. The maximum Gasteiger partial charge on any atom is 0.193 e. The zero-order chi connectivity index (χ0) is 20.9. The van der Waals surface area contributed by atoms with E-state index in [9.17, 15) is 15.0 Å². The Morgan fingerprint density at radius 3 is 1.30 bits per heavy atom. The Labute approximate surface area is 173 Å². The number of benzene rings is 4. The van der Waals surface area contributed by atoms with E-state index in [-0.39, 0.29) is 17.3 Å². The molecule has 0 atom stereocenters. The number of phenols is 2. The van der Waals surface area contributed by atoms with Gasteiger partial charge in [0.05, 0.1) is 0 Å². The van der Waals surface area contributed by atoms with Crippen molar-refractivity contribution in [1.29, 1.82) is 0 Å². The minimum absolute atomic E-state index is 0.121. The Kier molecular flexibility index (Phi) is 5.35.